The van der Waals surface area contributed by atoms with Gasteiger partial charge in [0.15, 0.2) is 0 Å². The van der Waals surface area contributed by atoms with Gasteiger partial charge in [-0.25, -0.2) is 0 Å². The number of hydrogen-bond donors (Lipinski definition) is 0. The minimum atomic E-state index is -6.00. The van der Waals surface area contributed by atoms with E-state index in [2.05, 4.69) is 0 Å². The van der Waals surface area contributed by atoms with Crippen molar-refractivity contribution in [3.63, 3.8) is 0 Å². The topological polar surface area (TPSA) is 0 Å². The Hall–Kier alpha value is 0.557. The van der Waals surface area contributed by atoms with Crippen LogP contribution in [0.15, 0.2) is 0 Å². The Balaban J connectivity index is -0.0000000457. The normalized spacial score (nSPS) is 10.0. The first kappa shape index (κ1) is 22.9. The summed E-state index contributed by atoms with van der Waals surface area (Å²) in [7, 11) is -12.0. The fourth-order valence-electron chi connectivity index (χ4n) is 0. The summed E-state index contributed by atoms with van der Waals surface area (Å²) < 4.78 is 78.0. The summed E-state index contributed by atoms with van der Waals surface area (Å²) in [6.45, 7) is 0. The van der Waals surface area contributed by atoms with Gasteiger partial charge in [0.05, 0.1) is 0 Å². The Bertz CT molecular complexity index is 57.3. The third kappa shape index (κ3) is 3110. The first-order chi connectivity index (χ1) is 4.00. The molecule has 0 rings (SSSR count). The maximum atomic E-state index is 9.75. The van der Waals surface area contributed by atoms with Crippen LogP contribution in [-0.2, 0) is 0 Å². The molecule has 0 spiro atoms. The molecular weight excluding hydrogens is 392 g/mol. The Kier molecular flexibility index (Phi) is 15.6. The second-order valence-corrected chi connectivity index (χ2v) is 0.990. The van der Waals surface area contributed by atoms with Gasteiger partial charge in [0.25, 0.3) is 0 Å². The molecule has 0 aliphatic rings. The van der Waals surface area contributed by atoms with Gasteiger partial charge in [-0.2, -0.15) is 0 Å². The van der Waals surface area contributed by atoms with Gasteiger partial charge in [-0.1, -0.05) is 0 Å². The van der Waals surface area contributed by atoms with Crippen LogP contribution >= 0.6 is 0 Å². The van der Waals surface area contributed by atoms with Gasteiger partial charge in [-0.05, 0) is 0 Å². The average molecular weight is 392 g/mol. The zero-order valence-electron chi connectivity index (χ0n) is 5.26. The smallest absolute Gasteiger partial charge is 0.418 e. The van der Waals surface area contributed by atoms with Crippen LogP contribution in [0.2, 0.25) is 0 Å². The third-order valence-corrected chi connectivity index (χ3v) is 0. The van der Waals surface area contributed by atoms with E-state index in [9.17, 15) is 34.5 Å². The van der Waals surface area contributed by atoms with Crippen LogP contribution in [0.3, 0.4) is 0 Å². The molecular formula is B3F8Pb. The van der Waals surface area contributed by atoms with E-state index in [-0.39, 0.29) is 35.7 Å². The van der Waals surface area contributed by atoms with Crippen LogP contribution in [0, 0.1) is 0 Å². The Morgan fingerprint density at radius 3 is 0.500 bits per heavy atom. The molecule has 0 saturated heterocycles. The first-order valence-electron chi connectivity index (χ1n) is 1.75. The van der Waals surface area contributed by atoms with Gasteiger partial charge in [0.1, 0.15) is 0 Å². The minimum Gasteiger partial charge on any atom is -0.418 e. The maximum Gasteiger partial charge on any atom is 2.00 e. The van der Waals surface area contributed by atoms with Gasteiger partial charge in [-0.3, -0.25) is 0 Å². The third-order valence-electron chi connectivity index (χ3n) is 0. The molecule has 0 bridgehead atoms. The Morgan fingerprint density at radius 2 is 0.500 bits per heavy atom. The van der Waals surface area contributed by atoms with Crippen LogP contribution in [0.25, 0.3) is 0 Å². The number of hydrogen-bond acceptors (Lipinski definition) is 0. The largest absolute Gasteiger partial charge is 2.00 e. The van der Waals surface area contributed by atoms with Crippen LogP contribution in [0.5, 0.6) is 0 Å². The summed E-state index contributed by atoms with van der Waals surface area (Å²) in [4.78, 5) is 0. The van der Waals surface area contributed by atoms with E-state index >= 15 is 0 Å². The van der Waals surface area contributed by atoms with E-state index in [1.165, 1.54) is 0 Å². The molecule has 12 heavy (non-hydrogen) atoms. The molecule has 0 heterocycles. The zero-order valence-corrected chi connectivity index (χ0v) is 9.14. The molecule has 0 N–H and O–H groups in total. The van der Waals surface area contributed by atoms with Gasteiger partial charge in [-0.15, -0.1) is 0 Å². The molecule has 0 aliphatic heterocycles. The molecule has 0 saturated carbocycles. The van der Waals surface area contributed by atoms with Crippen molar-refractivity contribution in [3.05, 3.63) is 0 Å². The van der Waals surface area contributed by atoms with E-state index < -0.39 is 14.5 Å². The molecule has 0 atom stereocenters. The van der Waals surface area contributed by atoms with Crippen LogP contribution in [0.1, 0.15) is 0 Å². The van der Waals surface area contributed by atoms with E-state index in [1.807, 2.05) is 0 Å². The summed E-state index contributed by atoms with van der Waals surface area (Å²) in [6, 6.07) is 0. The van der Waals surface area contributed by atoms with Crippen LogP contribution in [0.4, 0.5) is 34.5 Å². The van der Waals surface area contributed by atoms with Crippen LogP contribution in [-0.4, -0.2) is 50.2 Å². The minimum absolute atomic E-state index is 0. The first-order valence-corrected chi connectivity index (χ1v) is 1.75. The van der Waals surface area contributed by atoms with Gasteiger partial charge >= 0.3 is 41.8 Å². The molecule has 0 aliphatic carbocycles. The molecule has 0 aromatic heterocycles. The maximum absolute atomic E-state index is 9.75. The second kappa shape index (κ2) is 8.17. The number of rotatable bonds is 0. The Morgan fingerprint density at radius 1 is 0.500 bits per heavy atom. The van der Waals surface area contributed by atoms with Crippen molar-refractivity contribution in [2.24, 2.45) is 0 Å². The van der Waals surface area contributed by atoms with Gasteiger partial charge in [0, 0.05) is 8.41 Å². The monoisotopic (exact) mass is 393 g/mol. The summed E-state index contributed by atoms with van der Waals surface area (Å²) in [5.74, 6) is 0. The fourth-order valence-corrected chi connectivity index (χ4v) is 0. The van der Waals surface area contributed by atoms with Crippen LogP contribution < -0.4 is 0 Å². The molecule has 12 heteroatoms. The summed E-state index contributed by atoms with van der Waals surface area (Å²) in [6.07, 6.45) is 0. The standard InChI is InChI=1S/2BF4.B.Pb/c2*2-1(3,4)5;;/q2*-1;;+2. The molecule has 69 valence electrons. The van der Waals surface area contributed by atoms with Crippen molar-refractivity contribution < 1.29 is 34.5 Å². The predicted molar refractivity (Wildman–Crippen MR) is 31.9 cm³/mol. The van der Waals surface area contributed by atoms with Crippen molar-refractivity contribution in [2.75, 3.05) is 0 Å². The SMILES string of the molecule is F[B-](F)(F)F.F[B-](F)(F)F.[B].[Pb+2]. The van der Waals surface area contributed by atoms with Crippen molar-refractivity contribution in [3.8, 4) is 0 Å². The van der Waals surface area contributed by atoms with E-state index in [1.54, 1.807) is 0 Å². The average Bonchev–Trinajstić information content (AvgIpc) is 1.12. The molecule has 0 fully saturated rings. The molecule has 0 amide bonds. The van der Waals surface area contributed by atoms with Gasteiger partial charge in [0.2, 0.25) is 0 Å². The van der Waals surface area contributed by atoms with Crippen molar-refractivity contribution >= 4 is 50.2 Å². The molecule has 0 unspecified atom stereocenters. The zero-order chi connectivity index (χ0) is 9.00. The van der Waals surface area contributed by atoms with Crippen molar-refractivity contribution in [1.29, 1.82) is 0 Å². The van der Waals surface area contributed by atoms with E-state index in [0.29, 0.717) is 0 Å². The predicted octanol–water partition coefficient (Wildman–Crippen LogP) is 1.84. The molecule has 0 nitrogen and oxygen atoms in total. The quantitative estimate of drug-likeness (QED) is 0.437. The Labute approximate surface area is 85.0 Å². The molecule has 5 radical (unpaired) electrons. The van der Waals surface area contributed by atoms with Gasteiger partial charge < -0.3 is 34.5 Å². The summed E-state index contributed by atoms with van der Waals surface area (Å²) in [5, 5.41) is 0. The van der Waals surface area contributed by atoms with Crippen molar-refractivity contribution in [2.45, 2.75) is 0 Å². The van der Waals surface area contributed by atoms with E-state index in [0.717, 1.165) is 0 Å². The molecule has 0 aromatic rings. The fraction of sp³-hybridized carbons (Fsp3) is 0. The summed E-state index contributed by atoms with van der Waals surface area (Å²) in [5.41, 5.74) is 0. The van der Waals surface area contributed by atoms with Crippen molar-refractivity contribution in [1.82, 2.24) is 0 Å². The summed E-state index contributed by atoms with van der Waals surface area (Å²) >= 11 is 0. The second-order valence-electron chi connectivity index (χ2n) is 0.990. The molecule has 0 aromatic carbocycles. The van der Waals surface area contributed by atoms with E-state index in [4.69, 9.17) is 0 Å². The number of halogens is 8.